The predicted octanol–water partition coefficient (Wildman–Crippen LogP) is -0.0316. The van der Waals surface area contributed by atoms with Crippen LogP contribution in [0.25, 0.3) is 0 Å². The molecule has 0 aliphatic carbocycles. The Hall–Kier alpha value is -0.750. The molecule has 1 aliphatic rings. The van der Waals surface area contributed by atoms with Crippen LogP contribution in [0.1, 0.15) is 26.2 Å². The van der Waals surface area contributed by atoms with E-state index in [2.05, 4.69) is 0 Å². The van der Waals surface area contributed by atoms with Gasteiger partial charge in [0.2, 0.25) is 11.8 Å². The van der Waals surface area contributed by atoms with E-state index in [0.29, 0.717) is 19.5 Å². The number of nitrogens with two attached hydrogens (primary N) is 1. The fourth-order valence-electron chi connectivity index (χ4n) is 1.94. The number of hydrogen-bond donors (Lipinski definition) is 2. The fourth-order valence-corrected chi connectivity index (χ4v) is 2.60. The zero-order chi connectivity index (χ0) is 12.9. The van der Waals surface area contributed by atoms with Crippen LogP contribution < -0.4 is 5.73 Å². The summed E-state index contributed by atoms with van der Waals surface area (Å²) in [6, 6.07) is 0. The normalized spacial score (nSPS) is 24.7. The van der Waals surface area contributed by atoms with Gasteiger partial charge >= 0.3 is 0 Å². The Bertz CT molecular complexity index is 298. The quantitative estimate of drug-likeness (QED) is 0.727. The Morgan fingerprint density at radius 1 is 1.47 bits per heavy atom. The number of amides is 2. The first-order chi connectivity index (χ1) is 7.97. The molecule has 0 spiro atoms. The second-order valence-electron chi connectivity index (χ2n) is 4.46. The van der Waals surface area contributed by atoms with E-state index in [-0.39, 0.29) is 17.4 Å². The van der Waals surface area contributed by atoms with Gasteiger partial charge < -0.3 is 15.7 Å². The summed E-state index contributed by atoms with van der Waals surface area (Å²) in [5.74, 6) is -0.0188. The van der Waals surface area contributed by atoms with Crippen molar-refractivity contribution in [3.05, 3.63) is 0 Å². The van der Waals surface area contributed by atoms with Crippen LogP contribution >= 0.6 is 11.8 Å². The number of hydrogen-bond acceptors (Lipinski definition) is 4. The number of carbonyl (C=O) groups excluding carboxylic acids is 2. The number of nitrogens with zero attached hydrogens (tertiary/aromatic N) is 1. The van der Waals surface area contributed by atoms with Crippen LogP contribution in [-0.2, 0) is 9.59 Å². The number of likely N-dealkylation sites (tertiary alicyclic amines) is 1. The van der Waals surface area contributed by atoms with E-state index in [4.69, 9.17) is 5.73 Å². The molecular weight excluding hydrogens is 240 g/mol. The highest BCUT2D eigenvalue weighted by molar-refractivity contribution is 8.00. The van der Waals surface area contributed by atoms with Crippen molar-refractivity contribution in [1.82, 2.24) is 4.90 Å². The highest BCUT2D eigenvalue weighted by Gasteiger charge is 2.33. The van der Waals surface area contributed by atoms with Crippen molar-refractivity contribution in [3.8, 4) is 0 Å². The third-order valence-electron chi connectivity index (χ3n) is 3.04. The summed E-state index contributed by atoms with van der Waals surface area (Å²) in [6.07, 6.45) is 2.24. The molecule has 0 bridgehead atoms. The van der Waals surface area contributed by atoms with Gasteiger partial charge in [0.1, 0.15) is 0 Å². The number of β-amino-alcohol motifs (C(OH)–C–C–N with tert-alkyl or cyclic N) is 1. The standard InChI is InChI=1S/C11H20N2O3S/c1-2-11(16)4-3-5-13(8-11)10(15)7-17-6-9(12)14/h16H,2-8H2,1H3,(H2,12,14)/t11-/m0/s1. The van der Waals surface area contributed by atoms with Crippen LogP contribution in [0.2, 0.25) is 0 Å². The van der Waals surface area contributed by atoms with Crippen molar-refractivity contribution in [1.29, 1.82) is 0 Å². The molecule has 5 nitrogen and oxygen atoms in total. The second-order valence-corrected chi connectivity index (χ2v) is 5.44. The van der Waals surface area contributed by atoms with E-state index in [1.165, 1.54) is 11.8 Å². The molecule has 17 heavy (non-hydrogen) atoms. The van der Waals surface area contributed by atoms with Gasteiger partial charge in [-0.25, -0.2) is 0 Å². The van der Waals surface area contributed by atoms with Crippen molar-refractivity contribution in [3.63, 3.8) is 0 Å². The van der Waals surface area contributed by atoms with Crippen molar-refractivity contribution < 1.29 is 14.7 Å². The molecule has 0 aromatic heterocycles. The molecule has 0 saturated carbocycles. The molecular formula is C11H20N2O3S. The SMILES string of the molecule is CC[C@]1(O)CCCN(C(=O)CSCC(N)=O)C1. The molecule has 0 aromatic carbocycles. The first-order valence-electron chi connectivity index (χ1n) is 5.83. The number of primary amides is 1. The fraction of sp³-hybridized carbons (Fsp3) is 0.818. The molecule has 6 heteroatoms. The van der Waals surface area contributed by atoms with Crippen LogP contribution in [0.4, 0.5) is 0 Å². The van der Waals surface area contributed by atoms with Crippen molar-refractivity contribution >= 4 is 23.6 Å². The first-order valence-corrected chi connectivity index (χ1v) is 6.98. The van der Waals surface area contributed by atoms with Gasteiger partial charge in [-0.05, 0) is 19.3 Å². The summed E-state index contributed by atoms with van der Waals surface area (Å²) in [7, 11) is 0. The van der Waals surface area contributed by atoms with Crippen LogP contribution in [-0.4, -0.2) is 52.0 Å². The third kappa shape index (κ3) is 4.55. The van der Waals surface area contributed by atoms with Crippen molar-refractivity contribution in [2.75, 3.05) is 24.6 Å². The van der Waals surface area contributed by atoms with Gasteiger partial charge in [-0.15, -0.1) is 11.8 Å². The Kier molecular flexibility index (Phi) is 5.27. The minimum Gasteiger partial charge on any atom is -0.388 e. The molecule has 2 amide bonds. The predicted molar refractivity (Wildman–Crippen MR) is 67.6 cm³/mol. The van der Waals surface area contributed by atoms with Crippen molar-refractivity contribution in [2.45, 2.75) is 31.8 Å². The number of rotatable bonds is 5. The lowest BCUT2D eigenvalue weighted by Crippen LogP contribution is -2.50. The minimum absolute atomic E-state index is 0.0252. The molecule has 1 fully saturated rings. The van der Waals surface area contributed by atoms with Gasteiger partial charge in [0.25, 0.3) is 0 Å². The van der Waals surface area contributed by atoms with Gasteiger partial charge in [-0.3, -0.25) is 9.59 Å². The maximum atomic E-state index is 11.8. The zero-order valence-corrected chi connectivity index (χ0v) is 11.0. The van der Waals surface area contributed by atoms with Gasteiger partial charge in [-0.2, -0.15) is 0 Å². The van der Waals surface area contributed by atoms with Crippen LogP contribution in [0, 0.1) is 0 Å². The summed E-state index contributed by atoms with van der Waals surface area (Å²) >= 11 is 1.22. The Balaban J connectivity index is 2.38. The average molecular weight is 260 g/mol. The van der Waals surface area contributed by atoms with Crippen LogP contribution in [0.15, 0.2) is 0 Å². The van der Waals surface area contributed by atoms with Crippen LogP contribution in [0.5, 0.6) is 0 Å². The summed E-state index contributed by atoms with van der Waals surface area (Å²) in [4.78, 5) is 24.0. The van der Waals surface area contributed by atoms with Crippen LogP contribution in [0.3, 0.4) is 0 Å². The number of thioether (sulfide) groups is 1. The molecule has 1 atom stereocenters. The lowest BCUT2D eigenvalue weighted by Gasteiger charge is -2.38. The highest BCUT2D eigenvalue weighted by Crippen LogP contribution is 2.24. The third-order valence-corrected chi connectivity index (χ3v) is 3.98. The summed E-state index contributed by atoms with van der Waals surface area (Å²) in [5, 5.41) is 10.1. The number of aliphatic hydroxyl groups is 1. The van der Waals surface area contributed by atoms with Gasteiger partial charge in [-0.1, -0.05) is 6.92 Å². The van der Waals surface area contributed by atoms with E-state index in [1.807, 2.05) is 6.92 Å². The molecule has 1 saturated heterocycles. The maximum Gasteiger partial charge on any atom is 0.232 e. The maximum absolute atomic E-state index is 11.8. The molecule has 1 heterocycles. The molecule has 0 unspecified atom stereocenters. The molecule has 1 aliphatic heterocycles. The lowest BCUT2D eigenvalue weighted by molar-refractivity contribution is -0.135. The summed E-state index contributed by atoms with van der Waals surface area (Å²) < 4.78 is 0. The van der Waals surface area contributed by atoms with Gasteiger partial charge in [0, 0.05) is 13.1 Å². The summed E-state index contributed by atoms with van der Waals surface area (Å²) in [5.41, 5.74) is 4.26. The van der Waals surface area contributed by atoms with E-state index >= 15 is 0 Å². The minimum atomic E-state index is -0.734. The van der Waals surface area contributed by atoms with E-state index in [9.17, 15) is 14.7 Å². The Morgan fingerprint density at radius 3 is 2.76 bits per heavy atom. The lowest BCUT2D eigenvalue weighted by atomic mass is 9.90. The molecule has 0 radical (unpaired) electrons. The topological polar surface area (TPSA) is 83.6 Å². The van der Waals surface area contributed by atoms with Gasteiger partial charge in [0.05, 0.1) is 17.1 Å². The first kappa shape index (κ1) is 14.3. The number of carbonyl (C=O) groups is 2. The monoisotopic (exact) mass is 260 g/mol. The highest BCUT2D eigenvalue weighted by atomic mass is 32.2. The zero-order valence-electron chi connectivity index (χ0n) is 10.1. The molecule has 0 aromatic rings. The van der Waals surface area contributed by atoms with Crippen molar-refractivity contribution in [2.24, 2.45) is 5.73 Å². The average Bonchev–Trinajstić information content (AvgIpc) is 2.28. The molecule has 98 valence electrons. The van der Waals surface area contributed by atoms with E-state index in [1.54, 1.807) is 4.90 Å². The smallest absolute Gasteiger partial charge is 0.232 e. The molecule has 1 rings (SSSR count). The van der Waals surface area contributed by atoms with E-state index in [0.717, 1.165) is 12.8 Å². The van der Waals surface area contributed by atoms with Gasteiger partial charge in [0.15, 0.2) is 0 Å². The molecule has 3 N–H and O–H groups in total. The Labute approximate surface area is 106 Å². The largest absolute Gasteiger partial charge is 0.388 e. The van der Waals surface area contributed by atoms with E-state index < -0.39 is 11.5 Å². The number of piperidine rings is 1. The summed E-state index contributed by atoms with van der Waals surface area (Å²) in [6.45, 7) is 3.02. The second kappa shape index (κ2) is 6.26. The Morgan fingerprint density at radius 2 is 2.18 bits per heavy atom.